The number of hydrogen-bond acceptors (Lipinski definition) is 2. The van der Waals surface area contributed by atoms with Gasteiger partial charge in [0.1, 0.15) is 0 Å². The van der Waals surface area contributed by atoms with Gasteiger partial charge < -0.3 is 0 Å². The van der Waals surface area contributed by atoms with Crippen molar-refractivity contribution in [2.75, 3.05) is 5.88 Å². The van der Waals surface area contributed by atoms with Crippen LogP contribution >= 0.6 is 11.6 Å². The third-order valence-corrected chi connectivity index (χ3v) is 3.27. The summed E-state index contributed by atoms with van der Waals surface area (Å²) in [6.07, 6.45) is 1.94. The summed E-state index contributed by atoms with van der Waals surface area (Å²) in [7, 11) is 0. The van der Waals surface area contributed by atoms with Crippen molar-refractivity contribution in [1.82, 2.24) is 5.43 Å². The Balaban J connectivity index is 2.78. The number of halogens is 1. The highest BCUT2D eigenvalue weighted by atomic mass is 35.5. The Morgan fingerprint density at radius 1 is 1.24 bits per heavy atom. The molecular weight excluding hydrogens is 232 g/mol. The minimum atomic E-state index is 0.195. The summed E-state index contributed by atoms with van der Waals surface area (Å²) in [5.74, 6) is 6.26. The molecule has 1 aromatic carbocycles. The van der Waals surface area contributed by atoms with Crippen LogP contribution in [-0.4, -0.2) is 5.88 Å². The van der Waals surface area contributed by atoms with Gasteiger partial charge in [0.05, 0.1) is 0 Å². The number of benzene rings is 1. The molecule has 1 unspecified atom stereocenters. The number of hydrogen-bond donors (Lipinski definition) is 2. The van der Waals surface area contributed by atoms with Gasteiger partial charge in [-0.25, -0.2) is 0 Å². The number of alkyl halides is 1. The molecule has 0 aromatic heterocycles. The maximum Gasteiger partial charge on any atom is 0.0460 e. The largest absolute Gasteiger partial charge is 0.271 e. The molecule has 0 amide bonds. The minimum Gasteiger partial charge on any atom is -0.271 e. The predicted molar refractivity (Wildman–Crippen MR) is 75.2 cm³/mol. The molecule has 1 aromatic rings. The Morgan fingerprint density at radius 3 is 2.24 bits per heavy atom. The standard InChI is InChI=1S/C14H23ClN2/c1-14(2,3)12-8-6-11(7-9-12)13(17-16)5-4-10-15/h6-9,13,17H,4-5,10,16H2,1-3H3. The fraction of sp³-hybridized carbons (Fsp3) is 0.571. The molecule has 0 fully saturated rings. The lowest BCUT2D eigenvalue weighted by Gasteiger charge is -2.21. The lowest BCUT2D eigenvalue weighted by molar-refractivity contribution is 0.510. The van der Waals surface area contributed by atoms with Crippen LogP contribution in [0.3, 0.4) is 0 Å². The van der Waals surface area contributed by atoms with E-state index in [1.54, 1.807) is 0 Å². The molecule has 0 radical (unpaired) electrons. The quantitative estimate of drug-likeness (QED) is 0.479. The molecule has 1 atom stereocenters. The lowest BCUT2D eigenvalue weighted by Crippen LogP contribution is -2.28. The lowest BCUT2D eigenvalue weighted by atomic mass is 9.86. The minimum absolute atomic E-state index is 0.195. The summed E-state index contributed by atoms with van der Waals surface area (Å²) in [6, 6.07) is 8.86. The molecule has 2 nitrogen and oxygen atoms in total. The Morgan fingerprint density at radius 2 is 1.82 bits per heavy atom. The molecular formula is C14H23ClN2. The normalized spacial score (nSPS) is 13.7. The van der Waals surface area contributed by atoms with Crippen molar-refractivity contribution in [2.45, 2.75) is 45.1 Å². The van der Waals surface area contributed by atoms with Gasteiger partial charge in [-0.1, -0.05) is 45.0 Å². The van der Waals surface area contributed by atoms with Crippen molar-refractivity contribution in [1.29, 1.82) is 0 Å². The van der Waals surface area contributed by atoms with Crippen LogP contribution in [0.4, 0.5) is 0 Å². The fourth-order valence-electron chi connectivity index (χ4n) is 1.84. The first kappa shape index (κ1) is 14.5. The van der Waals surface area contributed by atoms with Crippen molar-refractivity contribution < 1.29 is 0 Å². The average molecular weight is 255 g/mol. The average Bonchev–Trinajstić information content (AvgIpc) is 2.29. The van der Waals surface area contributed by atoms with Crippen LogP contribution in [0.2, 0.25) is 0 Å². The first-order chi connectivity index (χ1) is 7.99. The summed E-state index contributed by atoms with van der Waals surface area (Å²) in [5, 5.41) is 0. The monoisotopic (exact) mass is 254 g/mol. The van der Waals surface area contributed by atoms with Gasteiger partial charge in [-0.05, 0) is 29.4 Å². The predicted octanol–water partition coefficient (Wildman–Crippen LogP) is 3.51. The van der Waals surface area contributed by atoms with E-state index in [1.165, 1.54) is 11.1 Å². The zero-order chi connectivity index (χ0) is 12.9. The zero-order valence-electron chi connectivity index (χ0n) is 11.0. The molecule has 0 aliphatic heterocycles. The van der Waals surface area contributed by atoms with Gasteiger partial charge in [-0.15, -0.1) is 11.6 Å². The van der Waals surface area contributed by atoms with Gasteiger partial charge >= 0.3 is 0 Å². The molecule has 0 saturated heterocycles. The van der Waals surface area contributed by atoms with Crippen LogP contribution in [0.15, 0.2) is 24.3 Å². The highest BCUT2D eigenvalue weighted by molar-refractivity contribution is 6.17. The molecule has 0 saturated carbocycles. The summed E-state index contributed by atoms with van der Waals surface area (Å²) in [5.41, 5.74) is 5.62. The Bertz CT molecular complexity index is 327. The highest BCUT2D eigenvalue weighted by Gasteiger charge is 2.14. The fourth-order valence-corrected chi connectivity index (χ4v) is 2.00. The second-order valence-corrected chi connectivity index (χ2v) is 5.80. The molecule has 17 heavy (non-hydrogen) atoms. The van der Waals surface area contributed by atoms with Crippen molar-refractivity contribution >= 4 is 11.6 Å². The van der Waals surface area contributed by atoms with Gasteiger partial charge in [0, 0.05) is 11.9 Å². The molecule has 96 valence electrons. The van der Waals surface area contributed by atoms with Gasteiger partial charge in [0.2, 0.25) is 0 Å². The third kappa shape index (κ3) is 4.30. The van der Waals surface area contributed by atoms with Crippen molar-refractivity contribution in [3.63, 3.8) is 0 Å². The number of nitrogens with one attached hydrogen (secondary N) is 1. The molecule has 0 heterocycles. The first-order valence-electron chi connectivity index (χ1n) is 6.11. The van der Waals surface area contributed by atoms with Gasteiger partial charge in [-0.2, -0.15) is 0 Å². The summed E-state index contributed by atoms with van der Waals surface area (Å²) >= 11 is 5.71. The van der Waals surface area contributed by atoms with E-state index in [0.29, 0.717) is 5.88 Å². The van der Waals surface area contributed by atoms with Crippen LogP contribution < -0.4 is 11.3 Å². The van der Waals surface area contributed by atoms with Crippen molar-refractivity contribution in [2.24, 2.45) is 5.84 Å². The number of nitrogens with two attached hydrogens (primary N) is 1. The molecule has 0 aliphatic rings. The van der Waals surface area contributed by atoms with E-state index in [0.717, 1.165) is 12.8 Å². The maximum absolute atomic E-state index is 5.71. The Kier molecular flexibility index (Phi) is 5.44. The van der Waals surface area contributed by atoms with E-state index >= 15 is 0 Å². The van der Waals surface area contributed by atoms with Gasteiger partial charge in [-0.3, -0.25) is 11.3 Å². The van der Waals surface area contributed by atoms with Crippen LogP contribution in [0.5, 0.6) is 0 Å². The van der Waals surface area contributed by atoms with Crippen LogP contribution in [0, 0.1) is 0 Å². The molecule has 1 rings (SSSR count). The zero-order valence-corrected chi connectivity index (χ0v) is 11.7. The molecule has 0 aliphatic carbocycles. The second kappa shape index (κ2) is 6.39. The van der Waals surface area contributed by atoms with E-state index in [4.69, 9.17) is 17.4 Å². The summed E-state index contributed by atoms with van der Waals surface area (Å²) in [6.45, 7) is 6.65. The van der Waals surface area contributed by atoms with Crippen molar-refractivity contribution in [3.8, 4) is 0 Å². The maximum atomic E-state index is 5.71. The summed E-state index contributed by atoms with van der Waals surface area (Å²) in [4.78, 5) is 0. The SMILES string of the molecule is CC(C)(C)c1ccc(C(CCCCl)NN)cc1. The number of hydrazine groups is 1. The molecule has 0 bridgehead atoms. The van der Waals surface area contributed by atoms with Crippen LogP contribution in [0.25, 0.3) is 0 Å². The smallest absolute Gasteiger partial charge is 0.0460 e. The van der Waals surface area contributed by atoms with E-state index in [-0.39, 0.29) is 11.5 Å². The van der Waals surface area contributed by atoms with Crippen molar-refractivity contribution in [3.05, 3.63) is 35.4 Å². The topological polar surface area (TPSA) is 38.0 Å². The van der Waals surface area contributed by atoms with Gasteiger partial charge in [0.25, 0.3) is 0 Å². The van der Waals surface area contributed by atoms with E-state index < -0.39 is 0 Å². The molecule has 3 N–H and O–H groups in total. The van der Waals surface area contributed by atoms with E-state index in [1.807, 2.05) is 0 Å². The van der Waals surface area contributed by atoms with Gasteiger partial charge in [0.15, 0.2) is 0 Å². The third-order valence-electron chi connectivity index (χ3n) is 3.01. The van der Waals surface area contributed by atoms with Crippen LogP contribution in [0.1, 0.15) is 50.8 Å². The first-order valence-corrected chi connectivity index (χ1v) is 6.65. The van der Waals surface area contributed by atoms with E-state index in [2.05, 4.69) is 50.5 Å². The molecule has 0 spiro atoms. The second-order valence-electron chi connectivity index (χ2n) is 5.42. The summed E-state index contributed by atoms with van der Waals surface area (Å²) < 4.78 is 0. The highest BCUT2D eigenvalue weighted by Crippen LogP contribution is 2.25. The Labute approximate surface area is 110 Å². The Hall–Kier alpha value is -0.570. The number of rotatable bonds is 5. The van der Waals surface area contributed by atoms with E-state index in [9.17, 15) is 0 Å². The molecule has 3 heteroatoms. The van der Waals surface area contributed by atoms with Crippen LogP contribution in [-0.2, 0) is 5.41 Å².